The van der Waals surface area contributed by atoms with Crippen molar-refractivity contribution in [2.75, 3.05) is 0 Å². The summed E-state index contributed by atoms with van der Waals surface area (Å²) in [7, 11) is 5.68. The molecule has 0 atom stereocenters. The molecule has 0 amide bonds. The van der Waals surface area contributed by atoms with E-state index in [2.05, 4.69) is 0 Å². The fourth-order valence-electron chi connectivity index (χ4n) is 0.827. The number of aryl methyl sites for hydroxylation is 2. The van der Waals surface area contributed by atoms with Crippen molar-refractivity contribution in [2.45, 2.75) is 41.5 Å². The first-order chi connectivity index (χ1) is 6.22. The lowest BCUT2D eigenvalue weighted by Crippen LogP contribution is -2.10. The zero-order valence-corrected chi connectivity index (χ0v) is 9.81. The molecule has 0 fully saturated rings. The van der Waals surface area contributed by atoms with Crippen LogP contribution in [0.3, 0.4) is 0 Å². The summed E-state index contributed by atoms with van der Waals surface area (Å²) in [5.74, 6) is 0. The van der Waals surface area contributed by atoms with Crippen LogP contribution in [0, 0.1) is 13.8 Å². The Balaban J connectivity index is 0. The predicted molar refractivity (Wildman–Crippen MR) is 64.0 cm³/mol. The highest BCUT2D eigenvalue weighted by atomic mass is 13.9. The third kappa shape index (κ3) is 5.51. The van der Waals surface area contributed by atoms with Crippen molar-refractivity contribution in [3.63, 3.8) is 0 Å². The highest BCUT2D eigenvalue weighted by molar-refractivity contribution is 6.34. The van der Waals surface area contributed by atoms with Gasteiger partial charge in [-0.3, -0.25) is 0 Å². The third-order valence-electron chi connectivity index (χ3n) is 1.54. The summed E-state index contributed by atoms with van der Waals surface area (Å²) < 4.78 is 0. The summed E-state index contributed by atoms with van der Waals surface area (Å²) in [4.78, 5) is 0. The maximum absolute atomic E-state index is 5.68. The molecule has 1 rings (SSSR count). The summed E-state index contributed by atoms with van der Waals surface area (Å²) in [5, 5.41) is 0. The second-order valence-electron chi connectivity index (χ2n) is 2.31. The molecule has 0 heterocycles. The number of hydrogen-bond donors (Lipinski definition) is 0. The second kappa shape index (κ2) is 9.37. The molecule has 0 unspecified atom stereocenters. The fourth-order valence-corrected chi connectivity index (χ4v) is 0.827. The molecule has 0 saturated heterocycles. The zero-order valence-electron chi connectivity index (χ0n) is 9.81. The minimum Gasteiger partial charge on any atom is -0.0909 e. The molecule has 1 heteroatoms. The normalized spacial score (nSPS) is 7.54. The molecule has 0 aromatic heterocycles. The summed E-state index contributed by atoms with van der Waals surface area (Å²) in [6.45, 7) is 12.0. The topological polar surface area (TPSA) is 0 Å². The van der Waals surface area contributed by atoms with Gasteiger partial charge in [0.15, 0.2) is 0 Å². The number of rotatable bonds is 0. The monoisotopic (exact) mass is 176 g/mol. The molecule has 0 spiro atoms. The van der Waals surface area contributed by atoms with Gasteiger partial charge >= 0.3 is 0 Å². The quantitative estimate of drug-likeness (QED) is 0.532. The minimum atomic E-state index is 0.914. The second-order valence-corrected chi connectivity index (χ2v) is 2.31. The van der Waals surface area contributed by atoms with Crippen LogP contribution in [0.5, 0.6) is 0 Å². The molecule has 0 saturated carbocycles. The molecule has 0 aliphatic heterocycles. The summed E-state index contributed by atoms with van der Waals surface area (Å²) in [6, 6.07) is 6.05. The van der Waals surface area contributed by atoms with E-state index in [9.17, 15) is 0 Å². The average Bonchev–Trinajstić information content (AvgIpc) is 2.20. The molecule has 13 heavy (non-hydrogen) atoms. The van der Waals surface area contributed by atoms with Crippen molar-refractivity contribution in [1.29, 1.82) is 0 Å². The molecule has 0 aliphatic carbocycles. The van der Waals surface area contributed by atoms with E-state index in [1.54, 1.807) is 0 Å². The Morgan fingerprint density at radius 2 is 1.15 bits per heavy atom. The SMILES string of the molecule is CC.CC.[B]c1c(C)cccc1C. The molecule has 0 bridgehead atoms. The van der Waals surface area contributed by atoms with Crippen LogP contribution in [0.25, 0.3) is 0 Å². The molecule has 1 aromatic carbocycles. The van der Waals surface area contributed by atoms with Gasteiger partial charge in [-0.1, -0.05) is 62.5 Å². The Morgan fingerprint density at radius 3 is 1.38 bits per heavy atom. The lowest BCUT2D eigenvalue weighted by molar-refractivity contribution is 1.43. The Kier molecular flexibility index (Phi) is 10.7. The van der Waals surface area contributed by atoms with Gasteiger partial charge in [0.25, 0.3) is 0 Å². The van der Waals surface area contributed by atoms with E-state index < -0.39 is 0 Å². The fraction of sp³-hybridized carbons (Fsp3) is 0.500. The van der Waals surface area contributed by atoms with Crippen LogP contribution in [0.4, 0.5) is 0 Å². The maximum atomic E-state index is 5.68. The van der Waals surface area contributed by atoms with Gasteiger partial charge in [0, 0.05) is 0 Å². The van der Waals surface area contributed by atoms with Gasteiger partial charge < -0.3 is 0 Å². The van der Waals surface area contributed by atoms with Gasteiger partial charge in [0.05, 0.1) is 0 Å². The first-order valence-electron chi connectivity index (χ1n) is 5.03. The molecule has 2 radical (unpaired) electrons. The van der Waals surface area contributed by atoms with E-state index in [4.69, 9.17) is 7.85 Å². The van der Waals surface area contributed by atoms with Gasteiger partial charge in [0.2, 0.25) is 0 Å². The first-order valence-corrected chi connectivity index (χ1v) is 5.03. The van der Waals surface area contributed by atoms with Gasteiger partial charge in [-0.05, 0) is 13.8 Å². The standard InChI is InChI=1S/C8H9B.2C2H6/c1-6-4-3-5-7(2)8(6)9;2*1-2/h3-5H,1-2H3;2*1-2H3. The van der Waals surface area contributed by atoms with Crippen LogP contribution >= 0.6 is 0 Å². The maximum Gasteiger partial charge on any atom is 0.114 e. The van der Waals surface area contributed by atoms with Gasteiger partial charge in [-0.2, -0.15) is 0 Å². The van der Waals surface area contributed by atoms with E-state index >= 15 is 0 Å². The Hall–Kier alpha value is -0.715. The summed E-state index contributed by atoms with van der Waals surface area (Å²) in [5.41, 5.74) is 3.24. The van der Waals surface area contributed by atoms with Crippen LogP contribution in [0.1, 0.15) is 38.8 Å². The largest absolute Gasteiger partial charge is 0.114 e. The van der Waals surface area contributed by atoms with Gasteiger partial charge in [-0.25, -0.2) is 0 Å². The molecule has 0 aliphatic rings. The summed E-state index contributed by atoms with van der Waals surface area (Å²) >= 11 is 0. The van der Waals surface area contributed by atoms with Gasteiger partial charge in [-0.15, -0.1) is 0 Å². The molecule has 72 valence electrons. The Bertz CT molecular complexity index is 196. The van der Waals surface area contributed by atoms with E-state index in [0.717, 1.165) is 16.6 Å². The van der Waals surface area contributed by atoms with Gasteiger partial charge in [0.1, 0.15) is 7.85 Å². The van der Waals surface area contributed by atoms with Crippen LogP contribution in [-0.4, -0.2) is 7.85 Å². The van der Waals surface area contributed by atoms with E-state index in [0.29, 0.717) is 0 Å². The predicted octanol–water partition coefficient (Wildman–Crippen LogP) is 3.15. The van der Waals surface area contributed by atoms with Crippen molar-refractivity contribution >= 4 is 13.3 Å². The number of hydrogen-bond acceptors (Lipinski definition) is 0. The van der Waals surface area contributed by atoms with Crippen LogP contribution in [0.2, 0.25) is 0 Å². The average molecular weight is 176 g/mol. The van der Waals surface area contributed by atoms with Crippen molar-refractivity contribution in [3.05, 3.63) is 29.3 Å². The first kappa shape index (κ1) is 14.8. The van der Waals surface area contributed by atoms with Crippen LogP contribution < -0.4 is 5.46 Å². The summed E-state index contributed by atoms with van der Waals surface area (Å²) in [6.07, 6.45) is 0. The lowest BCUT2D eigenvalue weighted by Gasteiger charge is -2.01. The minimum absolute atomic E-state index is 0.914. The molecule has 0 N–H and O–H groups in total. The molecule has 1 aromatic rings. The molecule has 0 nitrogen and oxygen atoms in total. The van der Waals surface area contributed by atoms with E-state index in [1.165, 1.54) is 0 Å². The molecular formula is C12H21B. The van der Waals surface area contributed by atoms with Crippen molar-refractivity contribution in [3.8, 4) is 0 Å². The highest BCUT2D eigenvalue weighted by Crippen LogP contribution is 1.96. The van der Waals surface area contributed by atoms with Crippen molar-refractivity contribution < 1.29 is 0 Å². The lowest BCUT2D eigenvalue weighted by atomic mass is 9.87. The molecular weight excluding hydrogens is 155 g/mol. The van der Waals surface area contributed by atoms with Crippen molar-refractivity contribution in [1.82, 2.24) is 0 Å². The third-order valence-corrected chi connectivity index (χ3v) is 1.54. The Morgan fingerprint density at radius 1 is 0.846 bits per heavy atom. The van der Waals surface area contributed by atoms with E-state index in [-0.39, 0.29) is 0 Å². The zero-order chi connectivity index (χ0) is 10.9. The highest BCUT2D eigenvalue weighted by Gasteiger charge is 1.91. The van der Waals surface area contributed by atoms with Crippen LogP contribution in [-0.2, 0) is 0 Å². The van der Waals surface area contributed by atoms with Crippen molar-refractivity contribution in [2.24, 2.45) is 0 Å². The Labute approximate surface area is 84.8 Å². The van der Waals surface area contributed by atoms with E-state index in [1.807, 2.05) is 59.7 Å². The smallest absolute Gasteiger partial charge is 0.0909 e. The van der Waals surface area contributed by atoms with Crippen LogP contribution in [0.15, 0.2) is 18.2 Å². The number of benzene rings is 1.